The molecule has 0 saturated carbocycles. The second-order valence-electron chi connectivity index (χ2n) is 36.0. The zero-order chi connectivity index (χ0) is 75.3. The SMILES string of the molecule is CC(C)(C)c1nc2cc(-c3ccccc3-c3cc(-c4ccccc4-c4c[c-]c(-c5cc(-c6ccc(-c7ccccc7)cc6)ccn5)cc4)cc(-c4ccccc4-c4c[c-]c5c(c4)nc(C(C)(C)C)n4c6cc7c(cc6nc54)C(C)(C)C(C)(C)C7(C)C)c3)c[c-]c2c2nc3cc4c(cc3n12)C(C)(C)C(C)(C)C4(C)C.[CH3-].[Ir]. The first-order valence-corrected chi connectivity index (χ1v) is 38.4. The zero-order valence-electron chi connectivity index (χ0n) is 66.9. The van der Waals surface area contributed by atoms with Gasteiger partial charge in [-0.05, 0) is 176 Å². The van der Waals surface area contributed by atoms with Gasteiger partial charge in [0.1, 0.15) is 11.6 Å². The fraction of sp³-hybridized carbons (Fsp3) is 0.255. The minimum atomic E-state index is -0.323. The van der Waals surface area contributed by atoms with E-state index in [9.17, 15) is 0 Å². The molecule has 0 unspecified atom stereocenters. The summed E-state index contributed by atoms with van der Waals surface area (Å²) in [7, 11) is 0. The minimum absolute atomic E-state index is 0. The number of aromatic nitrogens is 7. The van der Waals surface area contributed by atoms with Gasteiger partial charge in [-0.3, -0.25) is 19.9 Å². The smallest absolute Gasteiger partial charge is 0.102 e. The van der Waals surface area contributed by atoms with E-state index in [1.165, 1.54) is 33.4 Å². The first-order valence-electron chi connectivity index (χ1n) is 38.4. The molecule has 0 aliphatic heterocycles. The maximum absolute atomic E-state index is 5.67. The molecule has 0 amide bonds. The molecule has 0 spiro atoms. The van der Waals surface area contributed by atoms with Crippen LogP contribution in [0.4, 0.5) is 0 Å². The van der Waals surface area contributed by atoms with Gasteiger partial charge in [0.2, 0.25) is 0 Å². The van der Waals surface area contributed by atoms with Crippen LogP contribution >= 0.6 is 0 Å². The third-order valence-corrected chi connectivity index (χ3v) is 26.8. The van der Waals surface area contributed by atoms with Gasteiger partial charge in [0, 0.05) is 37.1 Å². The normalized spacial score (nSPS) is 15.8. The maximum Gasteiger partial charge on any atom is 0.102 e. The van der Waals surface area contributed by atoms with E-state index in [2.05, 4.69) is 376 Å². The summed E-state index contributed by atoms with van der Waals surface area (Å²) in [5, 5.41) is 1.80. The van der Waals surface area contributed by atoms with E-state index in [1.807, 2.05) is 6.20 Å². The molecule has 0 fully saturated rings. The molecule has 0 saturated heterocycles. The molecular weight excluding hydrogens is 1520 g/mol. The number of nitrogens with zero attached hydrogens (tertiary/aromatic N) is 7. The van der Waals surface area contributed by atoms with E-state index in [-0.39, 0.29) is 70.9 Å². The molecule has 11 aromatic carbocycles. The quantitative estimate of drug-likeness (QED) is 0.135. The third kappa shape index (κ3) is 11.1. The largest absolute Gasteiger partial charge is 0.358 e. The first kappa shape index (κ1) is 73.6. The Balaban J connectivity index is 0.00000460. The Kier molecular flexibility index (Phi) is 17.1. The molecule has 110 heavy (non-hydrogen) atoms. The van der Waals surface area contributed by atoms with Gasteiger partial charge in [-0.1, -0.05) is 302 Å². The molecule has 16 aromatic rings. The Bertz CT molecular complexity index is 6140. The van der Waals surface area contributed by atoms with Crippen LogP contribution < -0.4 is 0 Å². The van der Waals surface area contributed by atoms with Crippen LogP contribution in [0.2, 0.25) is 0 Å². The van der Waals surface area contributed by atoms with Crippen LogP contribution in [0.25, 0.3) is 155 Å². The Labute approximate surface area is 662 Å². The summed E-state index contributed by atoms with van der Waals surface area (Å²) in [6.45, 7) is 42.5. The van der Waals surface area contributed by atoms with Crippen molar-refractivity contribution in [3.63, 3.8) is 0 Å². The predicted molar refractivity (Wildman–Crippen MR) is 456 cm³/mol. The third-order valence-electron chi connectivity index (χ3n) is 26.8. The predicted octanol–water partition coefficient (Wildman–Crippen LogP) is 26.4. The molecule has 0 bridgehead atoms. The fourth-order valence-corrected chi connectivity index (χ4v) is 18.2. The summed E-state index contributed by atoms with van der Waals surface area (Å²) in [6.07, 6.45) is 1.90. The van der Waals surface area contributed by atoms with E-state index in [0.717, 1.165) is 156 Å². The molecule has 7 nitrogen and oxygen atoms in total. The number of pyridine rings is 1. The van der Waals surface area contributed by atoms with E-state index < -0.39 is 0 Å². The van der Waals surface area contributed by atoms with E-state index in [4.69, 9.17) is 24.9 Å². The molecule has 1 radical (unpaired) electrons. The van der Waals surface area contributed by atoms with Crippen molar-refractivity contribution in [3.8, 4) is 100 Å². The summed E-state index contributed by atoms with van der Waals surface area (Å²) < 4.78 is 4.66. The van der Waals surface area contributed by atoms with E-state index >= 15 is 0 Å². The Morgan fingerprint density at radius 1 is 0.309 bits per heavy atom. The van der Waals surface area contributed by atoms with Gasteiger partial charge < -0.3 is 21.2 Å². The van der Waals surface area contributed by atoms with Gasteiger partial charge >= 0.3 is 0 Å². The van der Waals surface area contributed by atoms with Crippen molar-refractivity contribution in [2.75, 3.05) is 0 Å². The number of hydrogen-bond acceptors (Lipinski definition) is 5. The summed E-state index contributed by atoms with van der Waals surface area (Å²) in [5.74, 6) is 1.93. The topological polar surface area (TPSA) is 73.3 Å². The zero-order valence-corrected chi connectivity index (χ0v) is 69.3. The number of fused-ring (bicyclic) bond motifs is 12. The summed E-state index contributed by atoms with van der Waals surface area (Å²) in [6, 6.07) is 93.5. The van der Waals surface area contributed by atoms with Crippen molar-refractivity contribution < 1.29 is 20.1 Å². The van der Waals surface area contributed by atoms with Crippen LogP contribution in [-0.4, -0.2) is 33.7 Å². The first-order chi connectivity index (χ1) is 51.3. The fourth-order valence-electron chi connectivity index (χ4n) is 18.2. The van der Waals surface area contributed by atoms with Crippen molar-refractivity contribution in [2.24, 2.45) is 10.8 Å². The number of benzene rings is 11. The van der Waals surface area contributed by atoms with Crippen molar-refractivity contribution in [1.82, 2.24) is 33.7 Å². The van der Waals surface area contributed by atoms with Crippen LogP contribution in [0.5, 0.6) is 0 Å². The van der Waals surface area contributed by atoms with Crippen molar-refractivity contribution >= 4 is 55.2 Å². The average Bonchev–Trinajstić information content (AvgIpc) is 1.53. The molecule has 2 aliphatic carbocycles. The molecule has 0 N–H and O–H groups in total. The Morgan fingerprint density at radius 2 is 0.655 bits per heavy atom. The monoisotopic (exact) mass is 1610 g/mol. The van der Waals surface area contributed by atoms with Crippen LogP contribution in [0.1, 0.15) is 159 Å². The number of rotatable bonds is 9. The number of imidazole rings is 2. The van der Waals surface area contributed by atoms with Gasteiger partial charge in [-0.15, -0.1) is 66.2 Å². The summed E-state index contributed by atoms with van der Waals surface area (Å²) in [4.78, 5) is 27.3. The molecule has 551 valence electrons. The maximum atomic E-state index is 5.67. The molecule has 0 atom stereocenters. The molecule has 8 heteroatoms. The van der Waals surface area contributed by atoms with Crippen molar-refractivity contribution in [1.29, 1.82) is 0 Å². The van der Waals surface area contributed by atoms with Crippen LogP contribution in [0, 0.1) is 36.5 Å². The van der Waals surface area contributed by atoms with Gasteiger partial charge in [-0.2, -0.15) is 0 Å². The van der Waals surface area contributed by atoms with Gasteiger partial charge in [0.15, 0.2) is 0 Å². The standard InChI is InChI=1S/C101H92N7.CH3.Ir/c1-94(2,3)92-105-84-54-66(44-46-77(84)90-103-86-56-79-81(58-88(86)107(90)92)98(11,12)100(15,16)96(79,7)8)72-31-23-26-34-75(72)69-50-68(74-33-25-22-30-71(74)63-40-42-64(43-41-63)83-53-65(48-49-102-83)62-38-36-61(37-39-62)60-28-20-19-21-29-60)51-70(52-69)76-35-27-24-32-73(76)67-45-47-78-85(55-67)106-93(95(4,5)6)108-89-59-82-80(57-87(89)104-91(78)108)97(9,10)101(17,18)99(82,13)14;;/h19-42,44-45,48-59H,1-18H3;1H3;/q-3;-1;. The second kappa shape index (κ2) is 25.5. The Morgan fingerprint density at radius 3 is 1.05 bits per heavy atom. The van der Waals surface area contributed by atoms with Crippen molar-refractivity contribution in [2.45, 2.75) is 157 Å². The minimum Gasteiger partial charge on any atom is -0.358 e. The van der Waals surface area contributed by atoms with Gasteiger partial charge in [0.05, 0.1) is 33.4 Å². The van der Waals surface area contributed by atoms with E-state index in [1.54, 1.807) is 0 Å². The molecule has 2 aliphatic rings. The van der Waals surface area contributed by atoms with E-state index in [0.29, 0.717) is 0 Å². The molecule has 18 rings (SSSR count). The average molecular weight is 1610 g/mol. The second-order valence-corrected chi connectivity index (χ2v) is 36.0. The molecular formula is C102H95IrN7-4. The number of hydrogen-bond donors (Lipinski definition) is 0. The molecule has 5 aromatic heterocycles. The Hall–Kier alpha value is -10.5. The van der Waals surface area contributed by atoms with Crippen LogP contribution in [0.15, 0.2) is 231 Å². The summed E-state index contributed by atoms with van der Waals surface area (Å²) in [5.41, 5.74) is 31.5. The van der Waals surface area contributed by atoms with Crippen molar-refractivity contribution in [3.05, 3.63) is 290 Å². The van der Waals surface area contributed by atoms with Gasteiger partial charge in [0.25, 0.3) is 0 Å². The molecule has 5 heterocycles. The van der Waals surface area contributed by atoms with Crippen LogP contribution in [-0.2, 0) is 52.6 Å². The van der Waals surface area contributed by atoms with Crippen LogP contribution in [0.3, 0.4) is 0 Å². The summed E-state index contributed by atoms with van der Waals surface area (Å²) >= 11 is 0. The van der Waals surface area contributed by atoms with Gasteiger partial charge in [-0.25, -0.2) is 0 Å².